The Morgan fingerprint density at radius 2 is 1.94 bits per heavy atom. The fourth-order valence-electron chi connectivity index (χ4n) is 9.44. The van der Waals surface area contributed by atoms with E-state index in [1.807, 2.05) is 0 Å². The summed E-state index contributed by atoms with van der Waals surface area (Å²) in [5.74, 6) is 12.9. The van der Waals surface area contributed by atoms with Crippen molar-refractivity contribution in [3.63, 3.8) is 0 Å². The van der Waals surface area contributed by atoms with Crippen molar-refractivity contribution in [2.24, 2.45) is 52.2 Å². The van der Waals surface area contributed by atoms with Gasteiger partial charge in [0.2, 0.25) is 0 Å². The Bertz CT molecular complexity index is 843. The monoisotopic (exact) mass is 482 g/mol. The molecule has 3 fully saturated rings. The van der Waals surface area contributed by atoms with Crippen LogP contribution in [-0.4, -0.2) is 23.6 Å². The highest BCUT2D eigenvalue weighted by molar-refractivity contribution is 5.68. The quantitative estimate of drug-likeness (QED) is 0.234. The molecule has 8 atom stereocenters. The van der Waals surface area contributed by atoms with Gasteiger partial charge in [0.05, 0.1) is 6.54 Å². The first-order valence-corrected chi connectivity index (χ1v) is 14.5. The molecule has 2 N–H and O–H groups in total. The summed E-state index contributed by atoms with van der Waals surface area (Å²) in [6.07, 6.45) is 21.6. The molecule has 3 saturated carbocycles. The zero-order valence-electron chi connectivity index (χ0n) is 23.0. The van der Waals surface area contributed by atoms with E-state index in [9.17, 15) is 4.79 Å². The van der Waals surface area contributed by atoms with Crippen LogP contribution in [0.4, 0.5) is 4.79 Å². The van der Waals surface area contributed by atoms with Crippen molar-refractivity contribution >= 4 is 6.09 Å². The highest BCUT2D eigenvalue weighted by atomic mass is 16.7. The molecule has 4 aliphatic rings. The molecule has 0 spiro atoms. The summed E-state index contributed by atoms with van der Waals surface area (Å²) in [5, 5.41) is 0. The van der Waals surface area contributed by atoms with Crippen molar-refractivity contribution in [1.29, 1.82) is 0 Å². The second kappa shape index (κ2) is 10.5. The van der Waals surface area contributed by atoms with Gasteiger partial charge in [0.25, 0.3) is 0 Å². The fourth-order valence-corrected chi connectivity index (χ4v) is 9.44. The molecule has 4 nitrogen and oxygen atoms in total. The summed E-state index contributed by atoms with van der Waals surface area (Å²) in [5.41, 5.74) is 2.34. The molecule has 0 saturated heterocycles. The van der Waals surface area contributed by atoms with Crippen molar-refractivity contribution in [1.82, 2.24) is 4.90 Å². The van der Waals surface area contributed by atoms with Crippen LogP contribution in [-0.2, 0) is 4.84 Å². The van der Waals surface area contributed by atoms with Crippen molar-refractivity contribution < 1.29 is 9.63 Å². The van der Waals surface area contributed by atoms with E-state index in [0.717, 1.165) is 54.8 Å². The lowest BCUT2D eigenvalue weighted by Crippen LogP contribution is -2.53. The van der Waals surface area contributed by atoms with Gasteiger partial charge < -0.3 is 4.84 Å². The molecule has 0 bridgehead atoms. The number of carbonyl (C=O) groups excluding carboxylic acids is 1. The van der Waals surface area contributed by atoms with Crippen molar-refractivity contribution in [2.45, 2.75) is 111 Å². The van der Waals surface area contributed by atoms with Gasteiger partial charge in [-0.2, -0.15) is 5.90 Å². The number of nitrogens with zero attached hydrogens (tertiary/aromatic N) is 1. The van der Waals surface area contributed by atoms with Crippen molar-refractivity contribution in [2.75, 3.05) is 6.54 Å². The van der Waals surface area contributed by atoms with Crippen molar-refractivity contribution in [3.05, 3.63) is 11.6 Å². The molecule has 0 aliphatic heterocycles. The smallest absolute Gasteiger partial charge is 0.357 e. The average Bonchev–Trinajstić information content (AvgIpc) is 3.18. The van der Waals surface area contributed by atoms with Gasteiger partial charge in [-0.15, -0.1) is 6.42 Å². The van der Waals surface area contributed by atoms with Gasteiger partial charge in [0, 0.05) is 6.04 Å². The largest absolute Gasteiger partial charge is 0.429 e. The molecule has 196 valence electrons. The SMILES string of the molecule is C#CCN(C(=O)ON)C1CC[C@@]2(C)C(=CCC3C2CC[C@@]2(C)C3CC[C@@H]2[C@H](C)CCCC(C)C)C1. The van der Waals surface area contributed by atoms with E-state index in [1.54, 1.807) is 10.5 Å². The molecule has 0 radical (unpaired) electrons. The zero-order chi connectivity index (χ0) is 25.4. The van der Waals surface area contributed by atoms with Crippen LogP contribution in [0.5, 0.6) is 0 Å². The van der Waals surface area contributed by atoms with Gasteiger partial charge >= 0.3 is 6.09 Å². The third-order valence-electron chi connectivity index (χ3n) is 11.3. The van der Waals surface area contributed by atoms with Crippen LogP contribution in [0.15, 0.2) is 11.6 Å². The van der Waals surface area contributed by atoms with Gasteiger partial charge in [-0.1, -0.05) is 71.5 Å². The molecule has 4 rings (SSSR count). The van der Waals surface area contributed by atoms with E-state index in [0.29, 0.717) is 5.41 Å². The lowest BCUT2D eigenvalue weighted by atomic mass is 9.46. The standard InChI is InChI=1S/C31H50N2O2/c1-7-19-33(29(34)35-32)24-15-17-30(5)23(20-24)11-12-25-27-14-13-26(22(4)10-8-9-21(2)3)31(27,6)18-16-28(25)30/h1,11,21-22,24-28H,8-10,12-20,32H2,2-6H3/t22-,24?,25?,26-,27?,28?,30+,31-/m1/s1. The molecule has 4 aliphatic carbocycles. The first kappa shape index (κ1) is 26.6. The topological polar surface area (TPSA) is 55.6 Å². The van der Waals surface area contributed by atoms with Crippen LogP contribution in [0.1, 0.15) is 105 Å². The van der Waals surface area contributed by atoms with E-state index < -0.39 is 6.09 Å². The highest BCUT2D eigenvalue weighted by Gasteiger charge is 2.59. The van der Waals surface area contributed by atoms with Crippen LogP contribution in [0.2, 0.25) is 0 Å². The third-order valence-corrected chi connectivity index (χ3v) is 11.3. The lowest BCUT2D eigenvalue weighted by Gasteiger charge is -2.59. The minimum atomic E-state index is -0.501. The van der Waals surface area contributed by atoms with E-state index in [2.05, 4.69) is 51.5 Å². The van der Waals surface area contributed by atoms with Crippen LogP contribution >= 0.6 is 0 Å². The van der Waals surface area contributed by atoms with Crippen molar-refractivity contribution in [3.8, 4) is 12.3 Å². The normalized spacial score (nSPS) is 39.0. The van der Waals surface area contributed by atoms with Gasteiger partial charge in [0.1, 0.15) is 0 Å². The molecule has 0 aromatic heterocycles. The number of amides is 1. The minimum Gasteiger partial charge on any atom is -0.357 e. The predicted molar refractivity (Wildman–Crippen MR) is 143 cm³/mol. The Hall–Kier alpha value is -1.47. The summed E-state index contributed by atoms with van der Waals surface area (Å²) in [4.78, 5) is 18.5. The molecule has 35 heavy (non-hydrogen) atoms. The number of hydrogen-bond donors (Lipinski definition) is 1. The summed E-state index contributed by atoms with van der Waals surface area (Å²) < 4.78 is 0. The first-order chi connectivity index (χ1) is 16.7. The maximum absolute atomic E-state index is 12.3. The van der Waals surface area contributed by atoms with Gasteiger partial charge in [-0.25, -0.2) is 4.79 Å². The minimum absolute atomic E-state index is 0.0920. The summed E-state index contributed by atoms with van der Waals surface area (Å²) >= 11 is 0. The maximum atomic E-state index is 12.3. The van der Waals surface area contributed by atoms with E-state index in [-0.39, 0.29) is 18.0 Å². The first-order valence-electron chi connectivity index (χ1n) is 14.5. The lowest BCUT2D eigenvalue weighted by molar-refractivity contribution is -0.0541. The number of fused-ring (bicyclic) bond motifs is 5. The number of allylic oxidation sites excluding steroid dienone is 1. The second-order valence-corrected chi connectivity index (χ2v) is 13.4. The molecule has 4 unspecified atom stereocenters. The van der Waals surface area contributed by atoms with E-state index >= 15 is 0 Å². The Morgan fingerprint density at radius 1 is 1.17 bits per heavy atom. The summed E-state index contributed by atoms with van der Waals surface area (Å²) in [6, 6.07) is 0.0920. The van der Waals surface area contributed by atoms with Gasteiger partial charge in [-0.05, 0) is 97.7 Å². The third kappa shape index (κ3) is 4.79. The molecular formula is C31H50N2O2. The maximum Gasteiger partial charge on any atom is 0.429 e. The van der Waals surface area contributed by atoms with E-state index in [1.165, 1.54) is 51.4 Å². The molecule has 1 amide bonds. The van der Waals surface area contributed by atoms with E-state index in [4.69, 9.17) is 12.3 Å². The van der Waals surface area contributed by atoms with Gasteiger partial charge in [-0.3, -0.25) is 4.90 Å². The Morgan fingerprint density at radius 3 is 2.63 bits per heavy atom. The fraction of sp³-hybridized carbons (Fsp3) is 0.839. The number of nitrogens with two attached hydrogens (primary N) is 1. The number of rotatable bonds is 7. The van der Waals surface area contributed by atoms with Crippen LogP contribution in [0.25, 0.3) is 0 Å². The highest BCUT2D eigenvalue weighted by Crippen LogP contribution is 2.67. The summed E-state index contributed by atoms with van der Waals surface area (Å²) in [7, 11) is 0. The average molecular weight is 483 g/mol. The Kier molecular flexibility index (Phi) is 7.97. The molecule has 0 aromatic rings. The number of hydrogen-bond acceptors (Lipinski definition) is 3. The van der Waals surface area contributed by atoms with Gasteiger partial charge in [0.15, 0.2) is 0 Å². The molecule has 0 heterocycles. The Labute approximate surface area is 214 Å². The number of terminal acetylenes is 1. The zero-order valence-corrected chi connectivity index (χ0v) is 23.0. The van der Waals surface area contributed by atoms with Crippen LogP contribution in [0.3, 0.4) is 0 Å². The summed E-state index contributed by atoms with van der Waals surface area (Å²) in [6.45, 7) is 12.7. The molecular weight excluding hydrogens is 432 g/mol. The second-order valence-electron chi connectivity index (χ2n) is 13.4. The molecule has 0 aromatic carbocycles. The van der Waals surface area contributed by atoms with Crippen LogP contribution < -0.4 is 5.90 Å². The predicted octanol–water partition coefficient (Wildman–Crippen LogP) is 7.34. The molecule has 4 heteroatoms. The Balaban J connectivity index is 1.48. The number of carbonyl (C=O) groups is 1. The van der Waals surface area contributed by atoms with Crippen LogP contribution in [0, 0.1) is 58.7 Å².